The molecular formula is C13H14F2N2O3S. The molecule has 1 aromatic rings. The number of amides is 2. The molecule has 1 heterocycles. The number of anilines is 1. The number of hydrogen-bond acceptors (Lipinski definition) is 3. The van der Waals surface area contributed by atoms with E-state index in [0.717, 1.165) is 6.07 Å². The quantitative estimate of drug-likeness (QED) is 0.898. The molecule has 1 fully saturated rings. The van der Waals surface area contributed by atoms with E-state index in [9.17, 15) is 18.4 Å². The fourth-order valence-electron chi connectivity index (χ4n) is 2.08. The van der Waals surface area contributed by atoms with E-state index < -0.39 is 29.7 Å². The summed E-state index contributed by atoms with van der Waals surface area (Å²) in [7, 11) is 0. The van der Waals surface area contributed by atoms with Gasteiger partial charge in [0.05, 0.1) is 18.2 Å². The summed E-state index contributed by atoms with van der Waals surface area (Å²) in [5.74, 6) is -2.01. The summed E-state index contributed by atoms with van der Waals surface area (Å²) in [4.78, 5) is 24.3. The zero-order chi connectivity index (χ0) is 15.4. The number of carbonyl (C=O) groups is 2. The molecule has 0 aromatic heterocycles. The molecule has 21 heavy (non-hydrogen) atoms. The third kappa shape index (κ3) is 3.84. The number of urea groups is 1. The number of carboxylic acid groups (broad SMARTS) is 1. The van der Waals surface area contributed by atoms with Gasteiger partial charge in [0.15, 0.2) is 11.6 Å². The molecule has 2 amide bonds. The van der Waals surface area contributed by atoms with Crippen LogP contribution in [0.15, 0.2) is 18.2 Å². The molecule has 0 spiro atoms. The van der Waals surface area contributed by atoms with Crippen LogP contribution < -0.4 is 5.32 Å². The molecule has 1 atom stereocenters. The molecule has 0 bridgehead atoms. The summed E-state index contributed by atoms with van der Waals surface area (Å²) < 4.78 is 26.6. The molecule has 1 aliphatic rings. The highest BCUT2D eigenvalue weighted by Gasteiger charge is 2.29. The minimum Gasteiger partial charge on any atom is -0.481 e. The first-order valence-corrected chi connectivity index (χ1v) is 7.45. The summed E-state index contributed by atoms with van der Waals surface area (Å²) >= 11 is 1.56. The smallest absolute Gasteiger partial charge is 0.322 e. The van der Waals surface area contributed by atoms with Crippen LogP contribution in [0.5, 0.6) is 0 Å². The first-order chi connectivity index (χ1) is 9.99. The van der Waals surface area contributed by atoms with Crippen molar-refractivity contribution in [2.75, 3.05) is 23.4 Å². The molecule has 1 saturated heterocycles. The Labute approximate surface area is 124 Å². The molecule has 1 aliphatic heterocycles. The normalized spacial score (nSPS) is 18.4. The average molecular weight is 316 g/mol. The number of aliphatic carboxylic acids is 1. The number of carbonyl (C=O) groups excluding carboxylic acids is 1. The maximum Gasteiger partial charge on any atom is 0.322 e. The Hall–Kier alpha value is -1.83. The van der Waals surface area contributed by atoms with Crippen molar-refractivity contribution in [3.8, 4) is 0 Å². The first-order valence-electron chi connectivity index (χ1n) is 6.30. The second-order valence-electron chi connectivity index (χ2n) is 4.55. The van der Waals surface area contributed by atoms with Crippen LogP contribution in [-0.2, 0) is 4.79 Å². The number of nitrogens with one attached hydrogen (secondary N) is 1. The molecule has 1 aromatic carbocycles. The van der Waals surface area contributed by atoms with Crippen molar-refractivity contribution >= 4 is 29.4 Å². The van der Waals surface area contributed by atoms with E-state index in [0.29, 0.717) is 18.1 Å². The van der Waals surface area contributed by atoms with Crippen LogP contribution in [0.2, 0.25) is 0 Å². The monoisotopic (exact) mass is 316 g/mol. The molecule has 2 N–H and O–H groups in total. The van der Waals surface area contributed by atoms with Crippen molar-refractivity contribution in [3.05, 3.63) is 29.8 Å². The zero-order valence-electron chi connectivity index (χ0n) is 11.0. The number of carboxylic acids is 1. The van der Waals surface area contributed by atoms with Crippen LogP contribution in [0.25, 0.3) is 0 Å². The predicted octanol–water partition coefficient (Wildman–Crippen LogP) is 2.39. The maximum atomic E-state index is 13.5. The Kier molecular flexibility index (Phi) is 5.00. The fourth-order valence-corrected chi connectivity index (χ4v) is 3.14. The Morgan fingerprint density at radius 2 is 2.19 bits per heavy atom. The van der Waals surface area contributed by atoms with E-state index in [2.05, 4.69) is 5.32 Å². The lowest BCUT2D eigenvalue weighted by atomic mass is 10.2. The largest absolute Gasteiger partial charge is 0.481 e. The molecule has 2 rings (SSSR count). The average Bonchev–Trinajstić information content (AvgIpc) is 2.44. The van der Waals surface area contributed by atoms with Crippen LogP contribution in [0.4, 0.5) is 19.3 Å². The number of hydrogen-bond donors (Lipinski definition) is 2. The van der Waals surface area contributed by atoms with Crippen molar-refractivity contribution in [2.24, 2.45) is 0 Å². The minimum absolute atomic E-state index is 0.175. The molecular weight excluding hydrogens is 302 g/mol. The highest BCUT2D eigenvalue weighted by atomic mass is 32.2. The zero-order valence-corrected chi connectivity index (χ0v) is 11.8. The van der Waals surface area contributed by atoms with Crippen molar-refractivity contribution in [1.29, 1.82) is 0 Å². The van der Waals surface area contributed by atoms with Gasteiger partial charge in [0.25, 0.3) is 0 Å². The first kappa shape index (κ1) is 15.6. The van der Waals surface area contributed by atoms with Crippen molar-refractivity contribution in [1.82, 2.24) is 4.90 Å². The molecule has 114 valence electrons. The SMILES string of the molecule is O=C(O)CC1CSCCN1C(=O)Nc1cccc(F)c1F. The molecule has 0 saturated carbocycles. The lowest BCUT2D eigenvalue weighted by molar-refractivity contribution is -0.137. The molecule has 0 aliphatic carbocycles. The van der Waals surface area contributed by atoms with Gasteiger partial charge in [-0.15, -0.1) is 0 Å². The van der Waals surface area contributed by atoms with Gasteiger partial charge in [0.1, 0.15) is 0 Å². The van der Waals surface area contributed by atoms with Crippen LogP contribution in [0.1, 0.15) is 6.42 Å². The minimum atomic E-state index is -1.13. The standard InChI is InChI=1S/C13H14F2N2O3S/c14-9-2-1-3-10(12(9)15)16-13(20)17-4-5-21-7-8(17)6-11(18)19/h1-3,8H,4-7H2,(H,16,20)(H,18,19). The van der Waals surface area contributed by atoms with E-state index in [4.69, 9.17) is 5.11 Å². The van der Waals surface area contributed by atoms with E-state index in [1.54, 1.807) is 11.8 Å². The summed E-state index contributed by atoms with van der Waals surface area (Å²) in [6, 6.07) is 2.41. The molecule has 1 unspecified atom stereocenters. The Morgan fingerprint density at radius 1 is 1.43 bits per heavy atom. The summed E-state index contributed by atoms with van der Waals surface area (Å²) in [5.41, 5.74) is -0.257. The summed E-state index contributed by atoms with van der Waals surface area (Å²) in [5, 5.41) is 11.2. The second kappa shape index (κ2) is 6.75. The maximum absolute atomic E-state index is 13.5. The van der Waals surface area contributed by atoms with Gasteiger partial charge in [0.2, 0.25) is 0 Å². The Balaban J connectivity index is 2.10. The molecule has 5 nitrogen and oxygen atoms in total. The summed E-state index contributed by atoms with van der Waals surface area (Å²) in [6.07, 6.45) is -0.175. The van der Waals surface area contributed by atoms with E-state index >= 15 is 0 Å². The Bertz CT molecular complexity index is 556. The van der Waals surface area contributed by atoms with E-state index in [-0.39, 0.29) is 12.1 Å². The van der Waals surface area contributed by atoms with Crippen LogP contribution in [-0.4, -0.2) is 46.1 Å². The topological polar surface area (TPSA) is 69.6 Å². The fraction of sp³-hybridized carbons (Fsp3) is 0.385. The Morgan fingerprint density at radius 3 is 2.90 bits per heavy atom. The van der Waals surface area contributed by atoms with Gasteiger partial charge >= 0.3 is 12.0 Å². The number of rotatable bonds is 3. The van der Waals surface area contributed by atoms with Crippen LogP contribution >= 0.6 is 11.8 Å². The van der Waals surface area contributed by atoms with Gasteiger partial charge in [-0.2, -0.15) is 11.8 Å². The molecule has 0 radical (unpaired) electrons. The van der Waals surface area contributed by atoms with Crippen molar-refractivity contribution < 1.29 is 23.5 Å². The molecule has 8 heteroatoms. The number of benzene rings is 1. The van der Waals surface area contributed by atoms with Crippen molar-refractivity contribution in [3.63, 3.8) is 0 Å². The van der Waals surface area contributed by atoms with Gasteiger partial charge in [-0.1, -0.05) is 6.07 Å². The van der Waals surface area contributed by atoms with Gasteiger partial charge in [-0.05, 0) is 12.1 Å². The van der Waals surface area contributed by atoms with Gasteiger partial charge in [-0.25, -0.2) is 13.6 Å². The van der Waals surface area contributed by atoms with E-state index in [1.165, 1.54) is 17.0 Å². The van der Waals surface area contributed by atoms with Crippen LogP contribution in [0.3, 0.4) is 0 Å². The number of nitrogens with zero attached hydrogens (tertiary/aromatic N) is 1. The lowest BCUT2D eigenvalue weighted by Crippen LogP contribution is -2.49. The van der Waals surface area contributed by atoms with Gasteiger partial charge in [0, 0.05) is 18.1 Å². The number of thioether (sulfide) groups is 1. The van der Waals surface area contributed by atoms with Gasteiger partial charge < -0.3 is 15.3 Å². The van der Waals surface area contributed by atoms with E-state index in [1.807, 2.05) is 0 Å². The summed E-state index contributed by atoms with van der Waals surface area (Å²) in [6.45, 7) is 0.366. The number of halogens is 2. The third-order valence-electron chi connectivity index (χ3n) is 3.09. The predicted molar refractivity (Wildman–Crippen MR) is 75.4 cm³/mol. The highest BCUT2D eigenvalue weighted by molar-refractivity contribution is 7.99. The van der Waals surface area contributed by atoms with Gasteiger partial charge in [-0.3, -0.25) is 4.79 Å². The van der Waals surface area contributed by atoms with Crippen molar-refractivity contribution in [2.45, 2.75) is 12.5 Å². The third-order valence-corrected chi connectivity index (χ3v) is 4.18. The second-order valence-corrected chi connectivity index (χ2v) is 5.70. The lowest BCUT2D eigenvalue weighted by Gasteiger charge is -2.34. The highest BCUT2D eigenvalue weighted by Crippen LogP contribution is 2.22. The van der Waals surface area contributed by atoms with Crippen LogP contribution in [0, 0.1) is 11.6 Å².